The molecule has 0 amide bonds. The molecule has 146 valence electrons. The first-order chi connectivity index (χ1) is 12.7. The first-order valence-electron chi connectivity index (χ1n) is 10.5. The number of aliphatic carboxylic acids is 1. The van der Waals surface area contributed by atoms with Gasteiger partial charge >= 0.3 is 5.97 Å². The summed E-state index contributed by atoms with van der Waals surface area (Å²) in [6, 6.07) is 0.558. The van der Waals surface area contributed by atoms with Crippen molar-refractivity contribution < 1.29 is 14.4 Å². The van der Waals surface area contributed by atoms with Crippen LogP contribution in [-0.4, -0.2) is 27.3 Å². The summed E-state index contributed by atoms with van der Waals surface area (Å²) in [5.74, 6) is 1.01. The Morgan fingerprint density at radius 2 is 1.88 bits per heavy atom. The van der Waals surface area contributed by atoms with Gasteiger partial charge < -0.3 is 14.9 Å². The quantitative estimate of drug-likeness (QED) is 0.640. The van der Waals surface area contributed by atoms with Crippen LogP contribution >= 0.6 is 0 Å². The Bertz CT molecular complexity index is 548. The first kappa shape index (κ1) is 19.3. The molecule has 0 saturated heterocycles. The molecular formula is C20H33N3O3. The van der Waals surface area contributed by atoms with Crippen molar-refractivity contribution in [1.82, 2.24) is 15.5 Å². The van der Waals surface area contributed by atoms with E-state index in [2.05, 4.69) is 15.5 Å². The predicted molar refractivity (Wildman–Crippen MR) is 98.8 cm³/mol. The van der Waals surface area contributed by atoms with Gasteiger partial charge in [0.15, 0.2) is 5.82 Å². The van der Waals surface area contributed by atoms with Crippen molar-refractivity contribution in [2.24, 2.45) is 5.92 Å². The van der Waals surface area contributed by atoms with E-state index in [4.69, 9.17) is 4.52 Å². The van der Waals surface area contributed by atoms with E-state index < -0.39 is 5.97 Å². The second-order valence-electron chi connectivity index (χ2n) is 8.14. The number of carbonyl (C=O) groups is 1. The molecule has 26 heavy (non-hydrogen) atoms. The Morgan fingerprint density at radius 1 is 1.15 bits per heavy atom. The Morgan fingerprint density at radius 3 is 2.62 bits per heavy atom. The molecule has 1 aromatic rings. The second-order valence-corrected chi connectivity index (χ2v) is 8.14. The summed E-state index contributed by atoms with van der Waals surface area (Å²) in [5, 5.41) is 16.8. The minimum absolute atomic E-state index is 0.0718. The van der Waals surface area contributed by atoms with E-state index in [1.165, 1.54) is 64.2 Å². The lowest BCUT2D eigenvalue weighted by Gasteiger charge is -2.21. The maximum Gasteiger partial charge on any atom is 0.304 e. The van der Waals surface area contributed by atoms with E-state index in [9.17, 15) is 9.90 Å². The van der Waals surface area contributed by atoms with Crippen molar-refractivity contribution in [3.05, 3.63) is 11.7 Å². The van der Waals surface area contributed by atoms with Crippen LogP contribution in [0.25, 0.3) is 0 Å². The SMILES string of the molecule is O=C(O)CC(CCCC1CCCCC1)c1nc(CNC2CCCC2)no1. The Hall–Kier alpha value is -1.43. The normalized spacial score (nSPS) is 20.5. The number of nitrogens with zero attached hydrogens (tertiary/aromatic N) is 2. The van der Waals surface area contributed by atoms with Crippen LogP contribution in [0.1, 0.15) is 101 Å². The molecule has 0 radical (unpaired) electrons. The molecule has 2 N–H and O–H groups in total. The molecule has 2 saturated carbocycles. The monoisotopic (exact) mass is 363 g/mol. The van der Waals surface area contributed by atoms with Crippen molar-refractivity contribution in [2.45, 2.75) is 102 Å². The maximum atomic E-state index is 11.3. The van der Waals surface area contributed by atoms with E-state index in [-0.39, 0.29) is 12.3 Å². The summed E-state index contributed by atoms with van der Waals surface area (Å²) < 4.78 is 5.42. The lowest BCUT2D eigenvalue weighted by atomic mass is 9.84. The highest BCUT2D eigenvalue weighted by molar-refractivity contribution is 5.67. The number of rotatable bonds is 10. The zero-order valence-corrected chi connectivity index (χ0v) is 15.8. The van der Waals surface area contributed by atoms with Gasteiger partial charge in [-0.1, -0.05) is 62.9 Å². The molecule has 2 aliphatic rings. The first-order valence-corrected chi connectivity index (χ1v) is 10.5. The standard InChI is InChI=1S/C20H33N3O3/c24-19(25)13-16(10-6-9-15-7-2-1-3-8-15)20-22-18(23-26-20)14-21-17-11-4-5-12-17/h15-17,21H,1-14H2,(H,24,25). The van der Waals surface area contributed by atoms with Crippen LogP contribution in [0.15, 0.2) is 4.52 Å². The Balaban J connectivity index is 1.48. The largest absolute Gasteiger partial charge is 0.481 e. The molecule has 0 aromatic carbocycles. The molecule has 6 heteroatoms. The highest BCUT2D eigenvalue weighted by atomic mass is 16.5. The van der Waals surface area contributed by atoms with Crippen LogP contribution < -0.4 is 5.32 Å². The van der Waals surface area contributed by atoms with E-state index in [1.807, 2.05) is 0 Å². The minimum Gasteiger partial charge on any atom is -0.481 e. The minimum atomic E-state index is -0.795. The van der Waals surface area contributed by atoms with Gasteiger partial charge in [0, 0.05) is 12.0 Å². The average Bonchev–Trinajstić information content (AvgIpc) is 3.31. The van der Waals surface area contributed by atoms with Crippen LogP contribution in [0.5, 0.6) is 0 Å². The summed E-state index contributed by atoms with van der Waals surface area (Å²) in [5.41, 5.74) is 0. The zero-order chi connectivity index (χ0) is 18.2. The maximum absolute atomic E-state index is 11.3. The summed E-state index contributed by atoms with van der Waals surface area (Å²) in [6.45, 7) is 0.607. The van der Waals surface area contributed by atoms with Crippen molar-refractivity contribution >= 4 is 5.97 Å². The molecule has 1 aromatic heterocycles. The van der Waals surface area contributed by atoms with E-state index in [1.54, 1.807) is 0 Å². The number of carboxylic acid groups (broad SMARTS) is 1. The highest BCUT2D eigenvalue weighted by Crippen LogP contribution is 2.31. The van der Waals surface area contributed by atoms with Crippen LogP contribution in [0.4, 0.5) is 0 Å². The highest BCUT2D eigenvalue weighted by Gasteiger charge is 2.23. The molecule has 1 atom stereocenters. The van der Waals surface area contributed by atoms with Crippen molar-refractivity contribution in [3.8, 4) is 0 Å². The molecule has 2 fully saturated rings. The fourth-order valence-corrected chi connectivity index (χ4v) is 4.52. The molecular weight excluding hydrogens is 330 g/mol. The molecule has 0 spiro atoms. The van der Waals surface area contributed by atoms with E-state index >= 15 is 0 Å². The Labute approximate surface area is 156 Å². The van der Waals surface area contributed by atoms with Gasteiger partial charge in [-0.3, -0.25) is 4.79 Å². The lowest BCUT2D eigenvalue weighted by Crippen LogP contribution is -2.25. The van der Waals surface area contributed by atoms with Gasteiger partial charge in [0.05, 0.1) is 13.0 Å². The molecule has 0 aliphatic heterocycles. The Kier molecular flexibility index (Phi) is 7.47. The van der Waals surface area contributed by atoms with Gasteiger partial charge in [0.1, 0.15) is 0 Å². The molecule has 1 heterocycles. The molecule has 3 rings (SSSR count). The van der Waals surface area contributed by atoms with Crippen LogP contribution in [0.2, 0.25) is 0 Å². The summed E-state index contributed by atoms with van der Waals surface area (Å²) >= 11 is 0. The fourth-order valence-electron chi connectivity index (χ4n) is 4.52. The predicted octanol–water partition coefficient (Wildman–Crippen LogP) is 4.41. The van der Waals surface area contributed by atoms with E-state index in [0.29, 0.717) is 24.3 Å². The van der Waals surface area contributed by atoms with Crippen molar-refractivity contribution in [1.29, 1.82) is 0 Å². The number of hydrogen-bond acceptors (Lipinski definition) is 5. The summed E-state index contributed by atoms with van der Waals surface area (Å²) in [6.07, 6.45) is 14.9. The van der Waals surface area contributed by atoms with Crippen molar-refractivity contribution in [3.63, 3.8) is 0 Å². The molecule has 6 nitrogen and oxygen atoms in total. The average molecular weight is 364 g/mol. The van der Waals surface area contributed by atoms with Gasteiger partial charge in [0.2, 0.25) is 5.89 Å². The number of nitrogens with one attached hydrogen (secondary N) is 1. The molecule has 2 aliphatic carbocycles. The van der Waals surface area contributed by atoms with Crippen molar-refractivity contribution in [2.75, 3.05) is 0 Å². The van der Waals surface area contributed by atoms with Crippen LogP contribution in [0.3, 0.4) is 0 Å². The molecule has 0 bridgehead atoms. The lowest BCUT2D eigenvalue weighted by molar-refractivity contribution is -0.137. The van der Waals surface area contributed by atoms with Gasteiger partial charge in [0.25, 0.3) is 0 Å². The smallest absolute Gasteiger partial charge is 0.304 e. The van der Waals surface area contributed by atoms with Gasteiger partial charge in [-0.25, -0.2) is 0 Å². The van der Waals surface area contributed by atoms with Gasteiger partial charge in [-0.05, 0) is 25.2 Å². The number of hydrogen-bond donors (Lipinski definition) is 2. The van der Waals surface area contributed by atoms with Gasteiger partial charge in [-0.2, -0.15) is 4.98 Å². The second kappa shape index (κ2) is 10.0. The molecule has 1 unspecified atom stereocenters. The zero-order valence-electron chi connectivity index (χ0n) is 15.8. The summed E-state index contributed by atoms with van der Waals surface area (Å²) in [7, 11) is 0. The third-order valence-electron chi connectivity index (χ3n) is 6.05. The van der Waals surface area contributed by atoms with E-state index in [0.717, 1.165) is 18.8 Å². The van der Waals surface area contributed by atoms with Gasteiger partial charge in [-0.15, -0.1) is 0 Å². The third-order valence-corrected chi connectivity index (χ3v) is 6.05. The fraction of sp³-hybridized carbons (Fsp3) is 0.850. The summed E-state index contributed by atoms with van der Waals surface area (Å²) in [4.78, 5) is 15.7. The number of aromatic nitrogens is 2. The number of carboxylic acids is 1. The van der Waals surface area contributed by atoms with Crippen LogP contribution in [0, 0.1) is 5.92 Å². The van der Waals surface area contributed by atoms with Crippen LogP contribution in [-0.2, 0) is 11.3 Å². The topological polar surface area (TPSA) is 88.2 Å². The third kappa shape index (κ3) is 6.08.